The minimum absolute atomic E-state index is 0.355. The smallest absolute Gasteiger partial charge is 0.343 e. The van der Waals surface area contributed by atoms with E-state index < -0.39 is 11.5 Å². The number of carbonyl (C=O) groups excluding carboxylic acids is 2. The molecule has 4 aromatic carbocycles. The van der Waals surface area contributed by atoms with Crippen molar-refractivity contribution >= 4 is 23.8 Å². The van der Waals surface area contributed by atoms with Crippen LogP contribution in [0.4, 0.5) is 0 Å². The fourth-order valence-corrected chi connectivity index (χ4v) is 4.16. The van der Waals surface area contributed by atoms with Gasteiger partial charge in [-0.3, -0.25) is 10.2 Å². The van der Waals surface area contributed by atoms with Crippen molar-refractivity contribution < 1.29 is 14.3 Å². The van der Waals surface area contributed by atoms with Crippen molar-refractivity contribution in [3.05, 3.63) is 138 Å². The molecule has 0 aromatic heterocycles. The van der Waals surface area contributed by atoms with Crippen molar-refractivity contribution in [3.63, 3.8) is 0 Å². The Morgan fingerprint density at radius 3 is 1.97 bits per heavy atom. The molecule has 5 rings (SSSR count). The molecule has 0 fully saturated rings. The zero-order valence-electron chi connectivity index (χ0n) is 19.9. The molecule has 0 bridgehead atoms. The van der Waals surface area contributed by atoms with Crippen molar-refractivity contribution in [2.45, 2.75) is 12.0 Å². The standard InChI is InChI=1S/C30H24N4O3/c35-28(27-20-30(34-32-27,24-12-6-2-7-13-24)25-14-8-3-9-15-25)33-31-21-22-16-18-26(19-17-22)37-29(36)23-10-4-1-5-11-23/h1-19,21,34H,20H2,(H,33,35). The van der Waals surface area contributed by atoms with E-state index in [9.17, 15) is 9.59 Å². The number of esters is 1. The molecule has 0 aliphatic carbocycles. The molecule has 7 heteroatoms. The van der Waals surface area contributed by atoms with Gasteiger partial charge in [0.2, 0.25) is 0 Å². The minimum atomic E-state index is -0.633. The third kappa shape index (κ3) is 5.31. The number of hydrazone groups is 2. The lowest BCUT2D eigenvalue weighted by molar-refractivity contribution is -0.114. The lowest BCUT2D eigenvalue weighted by Gasteiger charge is -2.30. The quantitative estimate of drug-likeness (QED) is 0.171. The van der Waals surface area contributed by atoms with E-state index in [1.165, 1.54) is 6.21 Å². The molecule has 7 nitrogen and oxygen atoms in total. The monoisotopic (exact) mass is 488 g/mol. The Morgan fingerprint density at radius 2 is 1.38 bits per heavy atom. The van der Waals surface area contributed by atoms with Gasteiger partial charge in [0.05, 0.1) is 11.8 Å². The van der Waals surface area contributed by atoms with E-state index in [0.29, 0.717) is 23.4 Å². The summed E-state index contributed by atoms with van der Waals surface area (Å²) in [6, 6.07) is 35.5. The lowest BCUT2D eigenvalue weighted by Crippen LogP contribution is -2.38. The highest BCUT2D eigenvalue weighted by molar-refractivity contribution is 6.39. The molecule has 182 valence electrons. The van der Waals surface area contributed by atoms with Crippen molar-refractivity contribution in [2.24, 2.45) is 10.2 Å². The molecule has 1 amide bonds. The molecule has 0 radical (unpaired) electrons. The van der Waals surface area contributed by atoms with Gasteiger partial charge in [0, 0.05) is 6.42 Å². The van der Waals surface area contributed by atoms with Crippen LogP contribution in [-0.2, 0) is 10.3 Å². The first kappa shape index (κ1) is 23.7. The van der Waals surface area contributed by atoms with Gasteiger partial charge in [-0.1, -0.05) is 78.9 Å². The summed E-state index contributed by atoms with van der Waals surface area (Å²) >= 11 is 0. The summed E-state index contributed by atoms with van der Waals surface area (Å²) in [4.78, 5) is 25.0. The Morgan fingerprint density at radius 1 is 0.811 bits per heavy atom. The van der Waals surface area contributed by atoms with E-state index in [-0.39, 0.29) is 5.91 Å². The molecule has 1 aliphatic rings. The third-order valence-corrected chi connectivity index (χ3v) is 6.09. The van der Waals surface area contributed by atoms with Gasteiger partial charge in [0.15, 0.2) is 0 Å². The van der Waals surface area contributed by atoms with E-state index in [1.807, 2.05) is 66.7 Å². The maximum atomic E-state index is 12.8. The van der Waals surface area contributed by atoms with Crippen LogP contribution in [0.5, 0.6) is 5.75 Å². The Kier molecular flexibility index (Phi) is 6.85. The first-order chi connectivity index (χ1) is 18.1. The summed E-state index contributed by atoms with van der Waals surface area (Å²) in [5.41, 5.74) is 8.73. The fourth-order valence-electron chi connectivity index (χ4n) is 4.16. The molecule has 0 unspecified atom stereocenters. The maximum Gasteiger partial charge on any atom is 0.343 e. The molecule has 4 aromatic rings. The Hall–Kier alpha value is -5.04. The summed E-state index contributed by atoms with van der Waals surface area (Å²) in [6.45, 7) is 0. The van der Waals surface area contributed by atoms with Crippen molar-refractivity contribution in [2.75, 3.05) is 0 Å². The average Bonchev–Trinajstić information content (AvgIpc) is 3.42. The molecule has 1 aliphatic heterocycles. The van der Waals surface area contributed by atoms with Crippen molar-refractivity contribution in [1.29, 1.82) is 0 Å². The van der Waals surface area contributed by atoms with E-state index >= 15 is 0 Å². The second-order valence-electron chi connectivity index (χ2n) is 8.51. The van der Waals surface area contributed by atoms with Crippen LogP contribution in [0.1, 0.15) is 33.5 Å². The summed E-state index contributed by atoms with van der Waals surface area (Å²) in [5, 5.41) is 8.44. The molecular weight excluding hydrogens is 464 g/mol. The molecule has 0 spiro atoms. The number of benzene rings is 4. The zero-order valence-corrected chi connectivity index (χ0v) is 19.9. The molecule has 2 N–H and O–H groups in total. The molecule has 0 saturated carbocycles. The maximum absolute atomic E-state index is 12.8. The van der Waals surface area contributed by atoms with Gasteiger partial charge in [-0.15, -0.1) is 0 Å². The van der Waals surface area contributed by atoms with E-state index in [2.05, 4.69) is 21.1 Å². The van der Waals surface area contributed by atoms with Crippen molar-refractivity contribution in [3.8, 4) is 5.75 Å². The highest BCUT2D eigenvalue weighted by atomic mass is 16.5. The van der Waals surface area contributed by atoms with Gasteiger partial charge >= 0.3 is 5.97 Å². The molecule has 0 saturated heterocycles. The highest BCUT2D eigenvalue weighted by Crippen LogP contribution is 2.36. The first-order valence-electron chi connectivity index (χ1n) is 11.8. The van der Waals surface area contributed by atoms with Crippen LogP contribution >= 0.6 is 0 Å². The predicted octanol–water partition coefficient (Wildman–Crippen LogP) is 4.65. The normalized spacial score (nSPS) is 14.0. The number of hydrogen-bond donors (Lipinski definition) is 2. The zero-order chi connectivity index (χ0) is 25.5. The summed E-state index contributed by atoms with van der Waals surface area (Å²) in [6.07, 6.45) is 1.90. The lowest BCUT2D eigenvalue weighted by atomic mass is 9.80. The van der Waals surface area contributed by atoms with E-state index in [4.69, 9.17) is 4.74 Å². The summed E-state index contributed by atoms with van der Waals surface area (Å²) < 4.78 is 5.38. The average molecular weight is 489 g/mol. The van der Waals surface area contributed by atoms with Crippen LogP contribution in [-0.4, -0.2) is 23.8 Å². The second kappa shape index (κ2) is 10.7. The van der Waals surface area contributed by atoms with Crippen LogP contribution in [0.3, 0.4) is 0 Å². The number of nitrogens with zero attached hydrogens (tertiary/aromatic N) is 2. The Bertz CT molecular complexity index is 1400. The number of carbonyl (C=O) groups is 2. The Labute approximate surface area is 214 Å². The molecule has 37 heavy (non-hydrogen) atoms. The van der Waals surface area contributed by atoms with Gasteiger partial charge in [0.25, 0.3) is 5.91 Å². The fraction of sp³-hybridized carbons (Fsp3) is 0.0667. The van der Waals surface area contributed by atoms with E-state index in [1.54, 1.807) is 48.5 Å². The van der Waals surface area contributed by atoms with E-state index in [0.717, 1.165) is 16.7 Å². The largest absolute Gasteiger partial charge is 0.423 e. The van der Waals surface area contributed by atoms with Crippen LogP contribution in [0.2, 0.25) is 0 Å². The summed E-state index contributed by atoms with van der Waals surface area (Å²) in [5.74, 6) is -0.396. The Balaban J connectivity index is 1.21. The highest BCUT2D eigenvalue weighted by Gasteiger charge is 2.41. The van der Waals surface area contributed by atoms with Gasteiger partial charge in [0.1, 0.15) is 17.0 Å². The van der Waals surface area contributed by atoms with Crippen LogP contribution in [0.25, 0.3) is 0 Å². The SMILES string of the molecule is O=C(NN=Cc1ccc(OC(=O)c2ccccc2)cc1)C1=NNC(c2ccccc2)(c2ccccc2)C1. The molecular formula is C30H24N4O3. The number of rotatable bonds is 7. The van der Waals surface area contributed by atoms with Gasteiger partial charge < -0.3 is 4.74 Å². The minimum Gasteiger partial charge on any atom is -0.423 e. The first-order valence-corrected chi connectivity index (χ1v) is 11.8. The van der Waals surface area contributed by atoms with Crippen molar-refractivity contribution in [1.82, 2.24) is 10.9 Å². The number of nitrogens with one attached hydrogen (secondary N) is 2. The second-order valence-corrected chi connectivity index (χ2v) is 8.51. The number of ether oxygens (including phenoxy) is 1. The number of hydrogen-bond acceptors (Lipinski definition) is 6. The van der Waals surface area contributed by atoms with Crippen LogP contribution < -0.4 is 15.6 Å². The predicted molar refractivity (Wildman–Crippen MR) is 142 cm³/mol. The summed E-state index contributed by atoms with van der Waals surface area (Å²) in [7, 11) is 0. The number of amides is 1. The van der Waals surface area contributed by atoms with Gasteiger partial charge in [-0.25, -0.2) is 10.2 Å². The van der Waals surface area contributed by atoms with Crippen LogP contribution in [0, 0.1) is 0 Å². The van der Waals surface area contributed by atoms with Gasteiger partial charge in [-0.05, 0) is 53.1 Å². The van der Waals surface area contributed by atoms with Crippen LogP contribution in [0.15, 0.2) is 125 Å². The molecule has 1 heterocycles. The molecule has 0 atom stereocenters. The third-order valence-electron chi connectivity index (χ3n) is 6.09. The topological polar surface area (TPSA) is 92.1 Å². The van der Waals surface area contributed by atoms with Gasteiger partial charge in [-0.2, -0.15) is 10.2 Å².